The van der Waals surface area contributed by atoms with Gasteiger partial charge >= 0.3 is 0 Å². The molecular formula is C27H50F2N2O2. The van der Waals surface area contributed by atoms with Crippen LogP contribution in [0, 0.1) is 18.6 Å². The van der Waals surface area contributed by atoms with Crippen LogP contribution in [0.4, 0.5) is 8.78 Å². The third-order valence-corrected chi connectivity index (χ3v) is 3.29. The Bertz CT molecular complexity index is 562. The van der Waals surface area contributed by atoms with E-state index in [9.17, 15) is 8.78 Å². The molecule has 4 N–H and O–H groups in total. The molecule has 2 rings (SSSR count). The van der Waals surface area contributed by atoms with E-state index in [1.807, 2.05) is 48.3 Å². The lowest BCUT2D eigenvalue weighted by molar-refractivity contribution is -0.0980. The molecule has 0 heterocycles. The van der Waals surface area contributed by atoms with Crippen molar-refractivity contribution >= 4 is 6.79 Å². The van der Waals surface area contributed by atoms with Crippen molar-refractivity contribution in [1.82, 2.24) is 5.32 Å². The molecule has 0 aliphatic carbocycles. The van der Waals surface area contributed by atoms with Gasteiger partial charge in [-0.05, 0) is 61.7 Å². The summed E-state index contributed by atoms with van der Waals surface area (Å²) < 4.78 is 24.4. The van der Waals surface area contributed by atoms with Gasteiger partial charge in [0.05, 0.1) is 0 Å². The summed E-state index contributed by atoms with van der Waals surface area (Å²) in [5.41, 5.74) is 8.79. The summed E-state index contributed by atoms with van der Waals surface area (Å²) in [6.45, 7) is 20.6. The zero-order valence-electron chi connectivity index (χ0n) is 22.5. The van der Waals surface area contributed by atoms with Crippen LogP contribution >= 0.6 is 0 Å². The second kappa shape index (κ2) is 37.2. The first kappa shape index (κ1) is 41.1. The first-order valence-electron chi connectivity index (χ1n) is 11.7. The molecule has 0 aliphatic heterocycles. The minimum atomic E-state index is -0.521. The highest BCUT2D eigenvalue weighted by Gasteiger charge is 1.94. The minimum absolute atomic E-state index is 0.521. The van der Waals surface area contributed by atoms with Crippen LogP contribution < -0.4 is 11.1 Å². The van der Waals surface area contributed by atoms with Gasteiger partial charge in [0.15, 0.2) is 0 Å². The van der Waals surface area contributed by atoms with Crippen molar-refractivity contribution in [1.29, 1.82) is 0 Å². The van der Waals surface area contributed by atoms with E-state index < -0.39 is 11.6 Å². The highest BCUT2D eigenvalue weighted by molar-refractivity contribution is 5.23. The monoisotopic (exact) mass is 472 g/mol. The molecule has 6 heteroatoms. The second-order valence-corrected chi connectivity index (χ2v) is 5.44. The van der Waals surface area contributed by atoms with E-state index in [0.717, 1.165) is 45.7 Å². The highest BCUT2D eigenvalue weighted by Crippen LogP contribution is 2.06. The van der Waals surface area contributed by atoms with E-state index in [0.29, 0.717) is 5.56 Å². The van der Waals surface area contributed by atoms with Crippen molar-refractivity contribution in [3.63, 3.8) is 0 Å². The number of aliphatic hydroxyl groups excluding tert-OH is 1. The number of hydrogen-bond donors (Lipinski definition) is 3. The van der Waals surface area contributed by atoms with Gasteiger partial charge in [-0.25, -0.2) is 8.78 Å². The van der Waals surface area contributed by atoms with E-state index in [1.165, 1.54) is 23.3 Å². The summed E-state index contributed by atoms with van der Waals surface area (Å²) in [4.78, 5) is 8.00. The van der Waals surface area contributed by atoms with Gasteiger partial charge in [0.25, 0.3) is 0 Å². The fourth-order valence-corrected chi connectivity index (χ4v) is 2.11. The van der Waals surface area contributed by atoms with Crippen LogP contribution in [-0.2, 0) is 17.8 Å². The Morgan fingerprint density at radius 2 is 1.33 bits per heavy atom. The van der Waals surface area contributed by atoms with E-state index in [2.05, 4.69) is 36.5 Å². The number of aryl methyl sites for hydroxylation is 2. The van der Waals surface area contributed by atoms with Crippen LogP contribution in [0.2, 0.25) is 0 Å². The van der Waals surface area contributed by atoms with E-state index >= 15 is 0 Å². The lowest BCUT2D eigenvalue weighted by Crippen LogP contribution is -2.17. The Morgan fingerprint density at radius 3 is 1.73 bits per heavy atom. The Balaban J connectivity index is -0.000000119. The zero-order valence-corrected chi connectivity index (χ0v) is 22.5. The second-order valence-electron chi connectivity index (χ2n) is 5.44. The largest absolute Gasteiger partial charge is 0.400 e. The van der Waals surface area contributed by atoms with Crippen LogP contribution in [0.15, 0.2) is 42.5 Å². The van der Waals surface area contributed by atoms with Crippen molar-refractivity contribution in [2.75, 3.05) is 20.2 Å². The standard InChI is InChI=1S/C12H20N2.C7H6F2.3C2H6.CH4O.CH2O/c1-2-11-5-3-6-12(9-11)10-14-8-4-7-13;1-5-2-6(8)4-7(9)3-5;5*1-2/h3,5-6,9,14H,2,4,7-8,10,13H2,1H3;2-4H,1H3;3*1-2H3;2H,1H3;1H2. The fraction of sp³-hybridized carbons (Fsp3) is 0.519. The average Bonchev–Trinajstić information content (AvgIpc) is 2.88. The van der Waals surface area contributed by atoms with Gasteiger partial charge in [0.2, 0.25) is 0 Å². The maximum atomic E-state index is 12.2. The molecule has 0 fully saturated rings. The van der Waals surface area contributed by atoms with Crippen molar-refractivity contribution < 1.29 is 18.7 Å². The third kappa shape index (κ3) is 29.9. The number of nitrogens with two attached hydrogens (primary N) is 1. The number of nitrogens with one attached hydrogen (secondary N) is 1. The molecule has 0 aliphatic rings. The van der Waals surface area contributed by atoms with Gasteiger partial charge < -0.3 is 21.0 Å². The summed E-state index contributed by atoms with van der Waals surface area (Å²) in [6, 6.07) is 12.1. The molecule has 0 bridgehead atoms. The summed E-state index contributed by atoms with van der Waals surface area (Å²) in [6.07, 6.45) is 2.16. The molecule has 33 heavy (non-hydrogen) atoms. The van der Waals surface area contributed by atoms with Gasteiger partial charge in [-0.15, -0.1) is 0 Å². The molecule has 0 radical (unpaired) electrons. The van der Waals surface area contributed by atoms with Crippen LogP contribution in [0.25, 0.3) is 0 Å². The van der Waals surface area contributed by atoms with Crippen LogP contribution in [-0.4, -0.2) is 32.1 Å². The molecule has 4 nitrogen and oxygen atoms in total. The van der Waals surface area contributed by atoms with Crippen molar-refractivity contribution in [3.05, 3.63) is 70.8 Å². The Kier molecular flexibility index (Phi) is 46.3. The topological polar surface area (TPSA) is 75.4 Å². The summed E-state index contributed by atoms with van der Waals surface area (Å²) in [5, 5.41) is 10.4. The molecule has 0 saturated carbocycles. The quantitative estimate of drug-likeness (QED) is 0.422. The number of rotatable bonds is 6. The predicted molar refractivity (Wildman–Crippen MR) is 142 cm³/mol. The summed E-state index contributed by atoms with van der Waals surface area (Å²) in [5.74, 6) is -1.04. The molecular weight excluding hydrogens is 422 g/mol. The molecule has 0 unspecified atom stereocenters. The molecule has 0 spiro atoms. The molecule has 0 atom stereocenters. The first-order chi connectivity index (χ1) is 16.0. The van der Waals surface area contributed by atoms with E-state index in [4.69, 9.17) is 15.6 Å². The molecule has 0 aromatic heterocycles. The lowest BCUT2D eigenvalue weighted by Gasteiger charge is -2.05. The van der Waals surface area contributed by atoms with Gasteiger partial charge in [-0.1, -0.05) is 72.7 Å². The highest BCUT2D eigenvalue weighted by atomic mass is 19.1. The minimum Gasteiger partial charge on any atom is -0.400 e. The Hall–Kier alpha value is -2.15. The summed E-state index contributed by atoms with van der Waals surface area (Å²) in [7, 11) is 1.00. The number of halogens is 2. The van der Waals surface area contributed by atoms with Gasteiger partial charge in [0.1, 0.15) is 18.4 Å². The van der Waals surface area contributed by atoms with Crippen molar-refractivity contribution in [2.24, 2.45) is 5.73 Å². The number of hydrogen-bond acceptors (Lipinski definition) is 4. The maximum Gasteiger partial charge on any atom is 0.126 e. The molecule has 2 aromatic rings. The van der Waals surface area contributed by atoms with Gasteiger partial charge in [0, 0.05) is 19.7 Å². The first-order valence-corrected chi connectivity index (χ1v) is 11.7. The van der Waals surface area contributed by atoms with E-state index in [-0.39, 0.29) is 0 Å². The SMILES string of the molecule is C=O.CC.CC.CC.CCc1cccc(CNCCCN)c1.CO.Cc1cc(F)cc(F)c1. The zero-order chi connectivity index (χ0) is 27.1. The van der Waals surface area contributed by atoms with E-state index in [1.54, 1.807) is 6.92 Å². The average molecular weight is 473 g/mol. The smallest absolute Gasteiger partial charge is 0.126 e. The van der Waals surface area contributed by atoms with Crippen molar-refractivity contribution in [3.8, 4) is 0 Å². The lowest BCUT2D eigenvalue weighted by atomic mass is 10.1. The molecule has 194 valence electrons. The summed E-state index contributed by atoms with van der Waals surface area (Å²) >= 11 is 0. The number of carbonyl (C=O) groups excluding carboxylic acids is 1. The maximum absolute atomic E-state index is 12.2. The number of carbonyl (C=O) groups is 1. The van der Waals surface area contributed by atoms with Crippen molar-refractivity contribution in [2.45, 2.75) is 74.8 Å². The number of benzene rings is 2. The molecule has 0 saturated heterocycles. The van der Waals surface area contributed by atoms with Crippen LogP contribution in [0.1, 0.15) is 71.6 Å². The predicted octanol–water partition coefficient (Wildman–Crippen LogP) is 6.46. The Morgan fingerprint density at radius 1 is 0.879 bits per heavy atom. The van der Waals surface area contributed by atoms with Crippen LogP contribution in [0.3, 0.4) is 0 Å². The molecule has 2 aromatic carbocycles. The normalized spacial score (nSPS) is 7.91. The molecule has 0 amide bonds. The number of aliphatic hydroxyl groups is 1. The van der Waals surface area contributed by atoms with Gasteiger partial charge in [-0.2, -0.15) is 0 Å². The van der Waals surface area contributed by atoms with Crippen LogP contribution in [0.5, 0.6) is 0 Å². The third-order valence-electron chi connectivity index (χ3n) is 3.29. The van der Waals surface area contributed by atoms with Gasteiger partial charge in [-0.3, -0.25) is 0 Å². The Labute approximate surface area is 202 Å². The fourth-order valence-electron chi connectivity index (χ4n) is 2.11.